The maximum absolute atomic E-state index is 12.5. The lowest BCUT2D eigenvalue weighted by Gasteiger charge is -2.32. The van der Waals surface area contributed by atoms with Gasteiger partial charge in [0.2, 0.25) is 5.91 Å². The van der Waals surface area contributed by atoms with Crippen LogP contribution in [-0.2, 0) is 4.79 Å². The van der Waals surface area contributed by atoms with Crippen molar-refractivity contribution in [3.05, 3.63) is 33.3 Å². The number of nitrogens with zero attached hydrogens (tertiary/aromatic N) is 2. The lowest BCUT2D eigenvalue weighted by atomic mass is 9.94. The van der Waals surface area contributed by atoms with Gasteiger partial charge in [-0.2, -0.15) is 0 Å². The third-order valence-corrected chi connectivity index (χ3v) is 5.54. The van der Waals surface area contributed by atoms with E-state index in [0.29, 0.717) is 0 Å². The summed E-state index contributed by atoms with van der Waals surface area (Å²) in [5.74, 6) is -1.23. The first-order chi connectivity index (χ1) is 11.4. The first kappa shape index (κ1) is 17.2. The molecule has 1 fully saturated rings. The molecule has 1 heterocycles. The third-order valence-electron chi connectivity index (χ3n) is 4.82. The highest BCUT2D eigenvalue weighted by atomic mass is 35.5. The molecule has 1 saturated carbocycles. The maximum atomic E-state index is 12.5. The summed E-state index contributed by atoms with van der Waals surface area (Å²) in [6.45, 7) is -0.255. The molecule has 0 atom stereocenters. The van der Waals surface area contributed by atoms with Gasteiger partial charge in [0.1, 0.15) is 6.54 Å². The molecule has 3 rings (SSSR count). The van der Waals surface area contributed by atoms with Crippen molar-refractivity contribution in [3.8, 4) is 0 Å². The maximum Gasteiger partial charge on any atom is 0.262 e. The van der Waals surface area contributed by atoms with Crippen molar-refractivity contribution in [2.45, 2.75) is 38.1 Å². The molecule has 24 heavy (non-hydrogen) atoms. The van der Waals surface area contributed by atoms with Gasteiger partial charge in [-0.05, 0) is 25.0 Å². The molecule has 128 valence electrons. The predicted octanol–water partition coefficient (Wildman–Crippen LogP) is 3.38. The normalized spacial score (nSPS) is 18.0. The number of benzene rings is 1. The van der Waals surface area contributed by atoms with Gasteiger partial charge in [0, 0.05) is 13.1 Å². The first-order valence-electron chi connectivity index (χ1n) is 8.01. The Bertz CT molecular complexity index is 673. The van der Waals surface area contributed by atoms with Crippen molar-refractivity contribution in [2.24, 2.45) is 0 Å². The topological polar surface area (TPSA) is 57.7 Å². The van der Waals surface area contributed by atoms with Crippen LogP contribution in [0, 0.1) is 0 Å². The molecule has 2 aliphatic rings. The Morgan fingerprint density at radius 3 is 2.08 bits per heavy atom. The minimum absolute atomic E-state index is 0.185. The van der Waals surface area contributed by atoms with E-state index in [0.717, 1.165) is 30.6 Å². The van der Waals surface area contributed by atoms with Crippen LogP contribution in [0.4, 0.5) is 0 Å². The Morgan fingerprint density at radius 2 is 1.58 bits per heavy atom. The number of amides is 3. The number of halogens is 2. The molecule has 0 radical (unpaired) electrons. The minimum atomic E-state index is -0.501. The number of fused-ring (bicyclic) bond motifs is 1. The molecule has 5 nitrogen and oxygen atoms in total. The van der Waals surface area contributed by atoms with Crippen molar-refractivity contribution in [2.75, 3.05) is 13.6 Å². The number of likely N-dealkylation sites (N-methyl/N-ethyl adjacent to an activating group) is 1. The molecule has 0 aromatic heterocycles. The SMILES string of the molecule is CN(C(=O)CN1C(=O)c2cc(Cl)c(Cl)cc2C1=O)C1CCCCC1. The zero-order valence-corrected chi connectivity index (χ0v) is 14.9. The van der Waals surface area contributed by atoms with Crippen LogP contribution in [0.2, 0.25) is 10.0 Å². The fourth-order valence-corrected chi connectivity index (χ4v) is 3.67. The molecule has 1 aromatic carbocycles. The zero-order valence-electron chi connectivity index (χ0n) is 13.3. The second-order valence-electron chi connectivity index (χ2n) is 6.30. The highest BCUT2D eigenvalue weighted by molar-refractivity contribution is 6.43. The molecule has 1 aliphatic carbocycles. The summed E-state index contributed by atoms with van der Waals surface area (Å²) in [5, 5.41) is 0.424. The van der Waals surface area contributed by atoms with Gasteiger partial charge in [-0.3, -0.25) is 19.3 Å². The van der Waals surface area contributed by atoms with Crippen molar-refractivity contribution in [1.29, 1.82) is 0 Å². The van der Waals surface area contributed by atoms with Crippen LogP contribution >= 0.6 is 23.2 Å². The number of imide groups is 1. The quantitative estimate of drug-likeness (QED) is 0.768. The van der Waals surface area contributed by atoms with E-state index in [-0.39, 0.29) is 39.7 Å². The van der Waals surface area contributed by atoms with Crippen molar-refractivity contribution < 1.29 is 14.4 Å². The molecule has 3 amide bonds. The van der Waals surface area contributed by atoms with Gasteiger partial charge in [0.05, 0.1) is 21.2 Å². The Kier molecular flexibility index (Phi) is 4.83. The van der Waals surface area contributed by atoms with E-state index in [1.165, 1.54) is 18.6 Å². The molecular formula is C17H18Cl2N2O3. The molecule has 0 bridgehead atoms. The Morgan fingerprint density at radius 1 is 1.08 bits per heavy atom. The van der Waals surface area contributed by atoms with Crippen molar-refractivity contribution in [3.63, 3.8) is 0 Å². The number of hydrogen-bond acceptors (Lipinski definition) is 3. The smallest absolute Gasteiger partial charge is 0.262 e. The van der Waals surface area contributed by atoms with Gasteiger partial charge in [-0.1, -0.05) is 42.5 Å². The van der Waals surface area contributed by atoms with E-state index >= 15 is 0 Å². The first-order valence-corrected chi connectivity index (χ1v) is 8.76. The van der Waals surface area contributed by atoms with Crippen LogP contribution in [0.15, 0.2) is 12.1 Å². The molecule has 1 aliphatic heterocycles. The summed E-state index contributed by atoms with van der Waals surface area (Å²) >= 11 is 11.8. The number of carbonyl (C=O) groups excluding carboxylic acids is 3. The predicted molar refractivity (Wildman–Crippen MR) is 91.5 cm³/mol. The Labute approximate surface area is 150 Å². The molecule has 1 aromatic rings. The van der Waals surface area contributed by atoms with Crippen molar-refractivity contribution in [1.82, 2.24) is 9.80 Å². The van der Waals surface area contributed by atoms with Gasteiger partial charge in [0.15, 0.2) is 0 Å². The van der Waals surface area contributed by atoms with Crippen LogP contribution in [-0.4, -0.2) is 47.2 Å². The highest BCUT2D eigenvalue weighted by Gasteiger charge is 2.38. The average molecular weight is 369 g/mol. The second-order valence-corrected chi connectivity index (χ2v) is 7.12. The number of rotatable bonds is 3. The summed E-state index contributed by atoms with van der Waals surface area (Å²) in [6.07, 6.45) is 5.34. The van der Waals surface area contributed by atoms with E-state index in [2.05, 4.69) is 0 Å². The van der Waals surface area contributed by atoms with E-state index < -0.39 is 11.8 Å². The second kappa shape index (κ2) is 6.73. The molecule has 7 heteroatoms. The van der Waals surface area contributed by atoms with Crippen LogP contribution in [0.5, 0.6) is 0 Å². The fourth-order valence-electron chi connectivity index (χ4n) is 3.35. The van der Waals surface area contributed by atoms with Crippen LogP contribution in [0.25, 0.3) is 0 Å². The summed E-state index contributed by atoms with van der Waals surface area (Å²) in [4.78, 5) is 40.0. The van der Waals surface area contributed by atoms with E-state index in [4.69, 9.17) is 23.2 Å². The minimum Gasteiger partial charge on any atom is -0.341 e. The fraction of sp³-hybridized carbons (Fsp3) is 0.471. The van der Waals surface area contributed by atoms with Crippen LogP contribution < -0.4 is 0 Å². The molecule has 0 spiro atoms. The zero-order chi connectivity index (χ0) is 17.4. The average Bonchev–Trinajstić information content (AvgIpc) is 2.80. The van der Waals surface area contributed by atoms with Crippen molar-refractivity contribution >= 4 is 40.9 Å². The lowest BCUT2D eigenvalue weighted by Crippen LogP contribution is -2.45. The van der Waals surface area contributed by atoms with E-state index in [1.807, 2.05) is 0 Å². The summed E-state index contributed by atoms with van der Waals surface area (Å²) in [6, 6.07) is 2.95. The standard InChI is InChI=1S/C17H18Cl2N2O3/c1-20(10-5-3-2-4-6-10)15(22)9-21-16(23)11-7-13(18)14(19)8-12(11)17(21)24/h7-8,10H,2-6,9H2,1H3. The molecule has 0 N–H and O–H groups in total. The molecule has 0 unspecified atom stereocenters. The number of carbonyl (C=O) groups is 3. The summed E-state index contributed by atoms with van der Waals surface area (Å²) in [7, 11) is 1.74. The molecule has 0 saturated heterocycles. The van der Waals surface area contributed by atoms with Gasteiger partial charge in [-0.15, -0.1) is 0 Å². The third kappa shape index (κ3) is 3.03. The Hall–Kier alpha value is -1.59. The largest absolute Gasteiger partial charge is 0.341 e. The molecular weight excluding hydrogens is 351 g/mol. The van der Waals surface area contributed by atoms with Gasteiger partial charge in [0.25, 0.3) is 11.8 Å². The lowest BCUT2D eigenvalue weighted by molar-refractivity contribution is -0.132. The highest BCUT2D eigenvalue weighted by Crippen LogP contribution is 2.31. The van der Waals surface area contributed by atoms with E-state index in [9.17, 15) is 14.4 Å². The summed E-state index contributed by atoms with van der Waals surface area (Å²) < 4.78 is 0. The van der Waals surface area contributed by atoms with Gasteiger partial charge < -0.3 is 4.90 Å². The van der Waals surface area contributed by atoms with Gasteiger partial charge in [-0.25, -0.2) is 0 Å². The van der Waals surface area contributed by atoms with E-state index in [1.54, 1.807) is 11.9 Å². The van der Waals surface area contributed by atoms with Gasteiger partial charge >= 0.3 is 0 Å². The number of hydrogen-bond donors (Lipinski definition) is 0. The summed E-state index contributed by atoms with van der Waals surface area (Å²) in [5.41, 5.74) is 0.394. The Balaban J connectivity index is 1.75. The van der Waals surface area contributed by atoms with Crippen LogP contribution in [0.1, 0.15) is 52.8 Å². The van der Waals surface area contributed by atoms with Crippen LogP contribution in [0.3, 0.4) is 0 Å². The monoisotopic (exact) mass is 368 g/mol.